The molecular weight excluding hydrogens is 230 g/mol. The highest BCUT2D eigenvalue weighted by Crippen LogP contribution is 2.16. The maximum Gasteiger partial charge on any atom is 0.319 e. The third kappa shape index (κ3) is 5.54. The molecule has 0 heterocycles. The van der Waals surface area contributed by atoms with Gasteiger partial charge in [-0.05, 0) is 25.1 Å². The lowest BCUT2D eigenvalue weighted by Crippen LogP contribution is -2.34. The monoisotopic (exact) mass is 251 g/mol. The summed E-state index contributed by atoms with van der Waals surface area (Å²) in [7, 11) is 1.60. The number of carbonyl (C=O) groups is 1. The molecule has 0 aliphatic heterocycles. The average molecular weight is 251 g/mol. The molecule has 1 aromatic carbocycles. The van der Waals surface area contributed by atoms with Crippen LogP contribution in [0, 0.1) is 0 Å². The van der Waals surface area contributed by atoms with Gasteiger partial charge in [0.05, 0.1) is 7.11 Å². The van der Waals surface area contributed by atoms with E-state index in [4.69, 9.17) is 4.74 Å². The van der Waals surface area contributed by atoms with Crippen molar-refractivity contribution < 1.29 is 9.53 Å². The Balaban J connectivity index is 2.26. The number of anilines is 1. The molecule has 0 unspecified atom stereocenters. The number of amides is 2. The lowest BCUT2D eigenvalue weighted by atomic mass is 10.3. The summed E-state index contributed by atoms with van der Waals surface area (Å²) in [5, 5.41) is 8.73. The van der Waals surface area contributed by atoms with Gasteiger partial charge in [0.1, 0.15) is 5.75 Å². The van der Waals surface area contributed by atoms with Crippen LogP contribution in [0.3, 0.4) is 0 Å². The summed E-state index contributed by atoms with van der Waals surface area (Å²) < 4.78 is 5.08. The minimum Gasteiger partial charge on any atom is -0.497 e. The normalized spacial score (nSPS) is 9.89. The van der Waals surface area contributed by atoms with Crippen LogP contribution in [0.15, 0.2) is 24.3 Å². The second kappa shape index (κ2) is 8.36. The Kier molecular flexibility index (Phi) is 6.64. The van der Waals surface area contributed by atoms with Crippen LogP contribution in [0.2, 0.25) is 0 Å². The van der Waals surface area contributed by atoms with E-state index in [9.17, 15) is 4.79 Å². The third-order valence-corrected chi connectivity index (χ3v) is 2.34. The predicted molar refractivity (Wildman–Crippen MR) is 73.2 cm³/mol. The Labute approximate surface area is 108 Å². The summed E-state index contributed by atoms with van der Waals surface area (Å²) in [6.07, 6.45) is 1.09. The fourth-order valence-electron chi connectivity index (χ4n) is 1.44. The fourth-order valence-corrected chi connectivity index (χ4v) is 1.44. The van der Waals surface area contributed by atoms with Crippen LogP contribution in [-0.4, -0.2) is 32.8 Å². The number of hydrogen-bond donors (Lipinski definition) is 3. The van der Waals surface area contributed by atoms with E-state index in [1.165, 1.54) is 0 Å². The molecule has 0 bridgehead atoms. The Morgan fingerprint density at radius 3 is 2.83 bits per heavy atom. The van der Waals surface area contributed by atoms with Crippen LogP contribution in [-0.2, 0) is 0 Å². The van der Waals surface area contributed by atoms with Gasteiger partial charge in [-0.15, -0.1) is 0 Å². The number of urea groups is 1. The van der Waals surface area contributed by atoms with E-state index < -0.39 is 0 Å². The van der Waals surface area contributed by atoms with Crippen molar-refractivity contribution >= 4 is 11.7 Å². The first-order valence-corrected chi connectivity index (χ1v) is 6.16. The molecule has 0 aliphatic carbocycles. The number of rotatable bonds is 7. The van der Waals surface area contributed by atoms with E-state index in [0.29, 0.717) is 12.2 Å². The molecule has 2 amide bonds. The maximum absolute atomic E-state index is 11.6. The standard InChI is InChI=1S/C13H21N3O2/c1-3-7-14-8-9-15-13(17)16-11-5-4-6-12(10-11)18-2/h4-6,10,14H,3,7-9H2,1-2H3,(H2,15,16,17). The first-order valence-electron chi connectivity index (χ1n) is 6.16. The molecular formula is C13H21N3O2. The Hall–Kier alpha value is -1.75. The van der Waals surface area contributed by atoms with E-state index in [-0.39, 0.29) is 6.03 Å². The zero-order valence-electron chi connectivity index (χ0n) is 11.0. The van der Waals surface area contributed by atoms with Crippen molar-refractivity contribution in [1.82, 2.24) is 10.6 Å². The van der Waals surface area contributed by atoms with Gasteiger partial charge in [0.25, 0.3) is 0 Å². The molecule has 0 radical (unpaired) electrons. The minimum absolute atomic E-state index is 0.207. The van der Waals surface area contributed by atoms with Crippen LogP contribution >= 0.6 is 0 Å². The quantitative estimate of drug-likeness (QED) is 0.648. The molecule has 1 rings (SSSR count). The number of carbonyl (C=O) groups excluding carboxylic acids is 1. The van der Waals surface area contributed by atoms with E-state index in [2.05, 4.69) is 22.9 Å². The number of nitrogens with one attached hydrogen (secondary N) is 3. The van der Waals surface area contributed by atoms with Crippen molar-refractivity contribution in [3.63, 3.8) is 0 Å². The van der Waals surface area contributed by atoms with Crippen molar-refractivity contribution in [2.75, 3.05) is 32.1 Å². The smallest absolute Gasteiger partial charge is 0.319 e. The molecule has 3 N–H and O–H groups in total. The summed E-state index contributed by atoms with van der Waals surface area (Å²) in [6, 6.07) is 7.04. The van der Waals surface area contributed by atoms with Crippen LogP contribution in [0.25, 0.3) is 0 Å². The van der Waals surface area contributed by atoms with Gasteiger partial charge in [0.2, 0.25) is 0 Å². The second-order valence-electron chi connectivity index (χ2n) is 3.86. The summed E-state index contributed by atoms with van der Waals surface area (Å²) in [4.78, 5) is 11.6. The highest BCUT2D eigenvalue weighted by atomic mass is 16.5. The van der Waals surface area contributed by atoms with Gasteiger partial charge < -0.3 is 20.7 Å². The molecule has 100 valence electrons. The molecule has 5 heteroatoms. The molecule has 0 spiro atoms. The number of methoxy groups -OCH3 is 1. The van der Waals surface area contributed by atoms with Crippen molar-refractivity contribution in [1.29, 1.82) is 0 Å². The minimum atomic E-state index is -0.207. The van der Waals surface area contributed by atoms with Crippen LogP contribution in [0.5, 0.6) is 5.75 Å². The lowest BCUT2D eigenvalue weighted by Gasteiger charge is -2.09. The highest BCUT2D eigenvalue weighted by Gasteiger charge is 2.01. The maximum atomic E-state index is 11.6. The van der Waals surface area contributed by atoms with Gasteiger partial charge in [0.15, 0.2) is 0 Å². The van der Waals surface area contributed by atoms with Crippen molar-refractivity contribution in [2.24, 2.45) is 0 Å². The SMILES string of the molecule is CCCNCCNC(=O)Nc1cccc(OC)c1. The molecule has 0 saturated heterocycles. The van der Waals surface area contributed by atoms with Crippen LogP contribution < -0.4 is 20.7 Å². The molecule has 0 atom stereocenters. The molecule has 18 heavy (non-hydrogen) atoms. The highest BCUT2D eigenvalue weighted by molar-refractivity contribution is 5.89. The van der Waals surface area contributed by atoms with Gasteiger partial charge in [-0.1, -0.05) is 13.0 Å². The van der Waals surface area contributed by atoms with Gasteiger partial charge >= 0.3 is 6.03 Å². The van der Waals surface area contributed by atoms with Crippen molar-refractivity contribution in [3.8, 4) is 5.75 Å². The van der Waals surface area contributed by atoms with Gasteiger partial charge in [-0.25, -0.2) is 4.79 Å². The van der Waals surface area contributed by atoms with E-state index >= 15 is 0 Å². The summed E-state index contributed by atoms with van der Waals surface area (Å²) in [5.41, 5.74) is 0.716. The van der Waals surface area contributed by atoms with Crippen molar-refractivity contribution in [3.05, 3.63) is 24.3 Å². The molecule has 5 nitrogen and oxygen atoms in total. The number of hydrogen-bond acceptors (Lipinski definition) is 3. The lowest BCUT2D eigenvalue weighted by molar-refractivity contribution is 0.252. The molecule has 0 aromatic heterocycles. The first kappa shape index (κ1) is 14.3. The van der Waals surface area contributed by atoms with E-state index in [1.54, 1.807) is 13.2 Å². The Bertz CT molecular complexity index is 369. The zero-order chi connectivity index (χ0) is 13.2. The molecule has 1 aromatic rings. The topological polar surface area (TPSA) is 62.4 Å². The van der Waals surface area contributed by atoms with E-state index in [0.717, 1.165) is 25.3 Å². The largest absolute Gasteiger partial charge is 0.497 e. The average Bonchev–Trinajstić information content (AvgIpc) is 2.38. The summed E-state index contributed by atoms with van der Waals surface area (Å²) in [6.45, 7) is 4.46. The van der Waals surface area contributed by atoms with Crippen LogP contribution in [0.1, 0.15) is 13.3 Å². The predicted octanol–water partition coefficient (Wildman–Crippen LogP) is 1.82. The zero-order valence-corrected chi connectivity index (χ0v) is 11.0. The van der Waals surface area contributed by atoms with Gasteiger partial charge in [-0.3, -0.25) is 0 Å². The van der Waals surface area contributed by atoms with Crippen molar-refractivity contribution in [2.45, 2.75) is 13.3 Å². The summed E-state index contributed by atoms with van der Waals surface area (Å²) >= 11 is 0. The van der Waals surface area contributed by atoms with Crippen LogP contribution in [0.4, 0.5) is 10.5 Å². The molecule has 0 aliphatic rings. The first-order chi connectivity index (χ1) is 8.76. The fraction of sp³-hybridized carbons (Fsp3) is 0.462. The van der Waals surface area contributed by atoms with E-state index in [1.807, 2.05) is 18.2 Å². The Morgan fingerprint density at radius 2 is 2.11 bits per heavy atom. The second-order valence-corrected chi connectivity index (χ2v) is 3.86. The third-order valence-electron chi connectivity index (χ3n) is 2.34. The number of benzene rings is 1. The summed E-state index contributed by atoms with van der Waals surface area (Å²) in [5.74, 6) is 0.720. The molecule has 0 saturated carbocycles. The van der Waals surface area contributed by atoms with Gasteiger partial charge in [0, 0.05) is 24.8 Å². The van der Waals surface area contributed by atoms with Gasteiger partial charge in [-0.2, -0.15) is 0 Å². The Morgan fingerprint density at radius 1 is 1.28 bits per heavy atom. The number of ether oxygens (including phenoxy) is 1. The molecule has 0 fully saturated rings.